The number of benzene rings is 1. The van der Waals surface area contributed by atoms with Gasteiger partial charge in [-0.25, -0.2) is 18.0 Å². The van der Waals surface area contributed by atoms with Crippen LogP contribution in [0, 0.1) is 17.5 Å². The van der Waals surface area contributed by atoms with Crippen LogP contribution in [0.5, 0.6) is 5.88 Å². The minimum Gasteiger partial charge on any atom is -0.473 e. The number of nitrogens with zero attached hydrogens (tertiary/aromatic N) is 3. The molecule has 0 N–H and O–H groups in total. The van der Waals surface area contributed by atoms with Crippen molar-refractivity contribution in [1.29, 1.82) is 0 Å². The van der Waals surface area contributed by atoms with Gasteiger partial charge in [-0.3, -0.25) is 4.57 Å². The molecule has 0 unspecified atom stereocenters. The molecule has 2 heterocycles. The van der Waals surface area contributed by atoms with Crippen LogP contribution >= 0.6 is 13.5 Å². The van der Waals surface area contributed by atoms with Gasteiger partial charge < -0.3 is 9.64 Å². The smallest absolute Gasteiger partial charge is 0.352 e. The van der Waals surface area contributed by atoms with E-state index >= 15 is 0 Å². The van der Waals surface area contributed by atoms with Gasteiger partial charge in [-0.05, 0) is 31.0 Å². The van der Waals surface area contributed by atoms with Crippen molar-refractivity contribution in [3.8, 4) is 5.88 Å². The van der Waals surface area contributed by atoms with Crippen molar-refractivity contribution >= 4 is 19.3 Å². The second kappa shape index (κ2) is 7.38. The van der Waals surface area contributed by atoms with Gasteiger partial charge in [0.15, 0.2) is 17.5 Å². The fraction of sp³-hybridized carbons (Fsp3) is 0.375. The molecule has 0 amide bonds. The summed E-state index contributed by atoms with van der Waals surface area (Å²) in [5.74, 6) is -3.39. The third-order valence-electron chi connectivity index (χ3n) is 4.19. The molecule has 0 fully saturated rings. The summed E-state index contributed by atoms with van der Waals surface area (Å²) in [6.45, 7) is 2.38. The Kier molecular flexibility index (Phi) is 5.66. The van der Waals surface area contributed by atoms with Crippen molar-refractivity contribution in [1.82, 2.24) is 9.55 Å². The number of aromatic nitrogens is 2. The second-order valence-corrected chi connectivity index (χ2v) is 5.80. The quantitative estimate of drug-likeness (QED) is 0.776. The fourth-order valence-electron chi connectivity index (χ4n) is 2.63. The van der Waals surface area contributed by atoms with E-state index in [1.807, 2.05) is 18.9 Å². The van der Waals surface area contributed by atoms with Gasteiger partial charge in [0.05, 0.1) is 0 Å². The SMILES string of the molecule is C[C@H]1CCn2c(cc(OCc3cc(F)c(F)c(F)c3)nc2=O)N1C.S. The Labute approximate surface area is 149 Å². The first-order chi connectivity index (χ1) is 11.4. The molecular formula is C16H18F3N3O2S. The Bertz CT molecular complexity index is 821. The molecule has 0 radical (unpaired) electrons. The average Bonchev–Trinajstić information content (AvgIpc) is 2.54. The molecule has 25 heavy (non-hydrogen) atoms. The third-order valence-corrected chi connectivity index (χ3v) is 4.19. The molecule has 9 heteroatoms. The van der Waals surface area contributed by atoms with Crippen LogP contribution in [0.2, 0.25) is 0 Å². The highest BCUT2D eigenvalue weighted by Crippen LogP contribution is 2.24. The van der Waals surface area contributed by atoms with E-state index in [1.54, 1.807) is 10.6 Å². The minimum absolute atomic E-state index is 0. The first-order valence-electron chi connectivity index (χ1n) is 7.47. The number of anilines is 1. The van der Waals surface area contributed by atoms with E-state index < -0.39 is 23.1 Å². The van der Waals surface area contributed by atoms with E-state index in [2.05, 4.69) is 4.98 Å². The maximum Gasteiger partial charge on any atom is 0.352 e. The van der Waals surface area contributed by atoms with E-state index in [0.29, 0.717) is 12.4 Å². The van der Waals surface area contributed by atoms with Gasteiger partial charge >= 0.3 is 5.69 Å². The molecule has 1 aliphatic heterocycles. The highest BCUT2D eigenvalue weighted by Gasteiger charge is 2.22. The zero-order valence-corrected chi connectivity index (χ0v) is 14.7. The lowest BCUT2D eigenvalue weighted by molar-refractivity contribution is 0.287. The number of rotatable bonds is 3. The van der Waals surface area contributed by atoms with E-state index in [9.17, 15) is 18.0 Å². The summed E-state index contributed by atoms with van der Waals surface area (Å²) < 4.78 is 46.3. The molecule has 0 bridgehead atoms. The van der Waals surface area contributed by atoms with Crippen molar-refractivity contribution < 1.29 is 17.9 Å². The van der Waals surface area contributed by atoms with Crippen LogP contribution in [-0.2, 0) is 13.2 Å². The van der Waals surface area contributed by atoms with E-state index in [0.717, 1.165) is 18.6 Å². The lowest BCUT2D eigenvalue weighted by atomic mass is 10.1. The Balaban J connectivity index is 0.00000225. The molecule has 1 aliphatic rings. The normalized spacial score (nSPS) is 16.2. The first-order valence-corrected chi connectivity index (χ1v) is 7.47. The topological polar surface area (TPSA) is 47.4 Å². The molecule has 1 aromatic heterocycles. The summed E-state index contributed by atoms with van der Waals surface area (Å²) in [6.07, 6.45) is 0.833. The van der Waals surface area contributed by atoms with Gasteiger partial charge in [0, 0.05) is 25.7 Å². The molecule has 3 rings (SSSR count). The number of halogens is 3. The summed E-state index contributed by atoms with van der Waals surface area (Å²) in [4.78, 5) is 17.8. The average molecular weight is 373 g/mol. The predicted octanol–water partition coefficient (Wildman–Crippen LogP) is 2.58. The maximum absolute atomic E-state index is 13.2. The van der Waals surface area contributed by atoms with E-state index in [1.165, 1.54) is 0 Å². The van der Waals surface area contributed by atoms with Crippen LogP contribution in [0.25, 0.3) is 0 Å². The minimum atomic E-state index is -1.53. The highest BCUT2D eigenvalue weighted by atomic mass is 32.1. The van der Waals surface area contributed by atoms with Crippen molar-refractivity contribution in [2.24, 2.45) is 0 Å². The van der Waals surface area contributed by atoms with Crippen molar-refractivity contribution in [3.63, 3.8) is 0 Å². The molecule has 2 aromatic rings. The molecule has 0 saturated carbocycles. The zero-order valence-electron chi connectivity index (χ0n) is 13.7. The zero-order chi connectivity index (χ0) is 17.4. The highest BCUT2D eigenvalue weighted by molar-refractivity contribution is 7.59. The lowest BCUT2D eigenvalue weighted by Crippen LogP contribution is -2.41. The predicted molar refractivity (Wildman–Crippen MR) is 92.0 cm³/mol. The summed E-state index contributed by atoms with van der Waals surface area (Å²) in [5, 5.41) is 0. The van der Waals surface area contributed by atoms with E-state index in [4.69, 9.17) is 4.74 Å². The first kappa shape index (κ1) is 19.2. The summed E-state index contributed by atoms with van der Waals surface area (Å²) >= 11 is 0. The van der Waals surface area contributed by atoms with E-state index in [-0.39, 0.29) is 37.6 Å². The lowest BCUT2D eigenvalue weighted by Gasteiger charge is -2.34. The van der Waals surface area contributed by atoms with Gasteiger partial charge in [-0.1, -0.05) is 0 Å². The summed E-state index contributed by atoms with van der Waals surface area (Å²) in [7, 11) is 1.86. The molecule has 1 aromatic carbocycles. The third kappa shape index (κ3) is 3.76. The summed E-state index contributed by atoms with van der Waals surface area (Å²) in [6, 6.07) is 3.56. The van der Waals surface area contributed by atoms with Crippen LogP contribution in [0.4, 0.5) is 19.0 Å². The molecule has 0 saturated heterocycles. The molecule has 0 spiro atoms. The molecule has 1 atom stereocenters. The second-order valence-electron chi connectivity index (χ2n) is 5.80. The van der Waals surface area contributed by atoms with Crippen LogP contribution in [0.3, 0.4) is 0 Å². The van der Waals surface area contributed by atoms with Crippen LogP contribution in [-0.4, -0.2) is 22.6 Å². The maximum atomic E-state index is 13.2. The van der Waals surface area contributed by atoms with Crippen LogP contribution in [0.15, 0.2) is 23.0 Å². The standard InChI is InChI=1S/C16H16F3N3O2.H2S/c1-9-3-4-22-14(21(9)2)7-13(20-16(22)23)24-8-10-5-11(17)15(19)12(18)6-10;/h5-7,9H,3-4,8H2,1-2H3;1H2/t9-;/m0./s1. The van der Waals surface area contributed by atoms with Crippen LogP contribution in [0.1, 0.15) is 18.9 Å². The number of fused-ring (bicyclic) bond motifs is 1. The molecule has 136 valence electrons. The number of ether oxygens (including phenoxy) is 1. The Hall–Kier alpha value is -2.16. The molecular weight excluding hydrogens is 355 g/mol. The van der Waals surface area contributed by atoms with Crippen molar-refractivity contribution in [3.05, 3.63) is 51.7 Å². The number of hydrogen-bond acceptors (Lipinski definition) is 4. The Morgan fingerprint density at radius 3 is 2.52 bits per heavy atom. The molecule has 0 aliphatic carbocycles. The van der Waals surface area contributed by atoms with Gasteiger partial charge in [0.2, 0.25) is 5.88 Å². The van der Waals surface area contributed by atoms with Crippen LogP contribution < -0.4 is 15.3 Å². The van der Waals surface area contributed by atoms with Gasteiger partial charge in [0.1, 0.15) is 12.4 Å². The van der Waals surface area contributed by atoms with Crippen molar-refractivity contribution in [2.45, 2.75) is 32.5 Å². The summed E-state index contributed by atoms with van der Waals surface area (Å²) in [5.41, 5.74) is -0.342. The Morgan fingerprint density at radius 1 is 1.24 bits per heavy atom. The number of hydrogen-bond donors (Lipinski definition) is 0. The van der Waals surface area contributed by atoms with Crippen molar-refractivity contribution in [2.75, 3.05) is 11.9 Å². The van der Waals surface area contributed by atoms with Gasteiger partial charge in [-0.15, -0.1) is 0 Å². The van der Waals surface area contributed by atoms with Gasteiger partial charge in [-0.2, -0.15) is 18.5 Å². The molecule has 5 nitrogen and oxygen atoms in total. The monoisotopic (exact) mass is 373 g/mol. The Morgan fingerprint density at radius 2 is 1.88 bits per heavy atom. The van der Waals surface area contributed by atoms with Gasteiger partial charge in [0.25, 0.3) is 0 Å². The fourth-order valence-corrected chi connectivity index (χ4v) is 2.63. The largest absolute Gasteiger partial charge is 0.473 e.